The highest BCUT2D eigenvalue weighted by molar-refractivity contribution is 6.33. The number of carbonyl (C=O) groups excluding carboxylic acids is 1. The van der Waals surface area contributed by atoms with Crippen LogP contribution in [0.2, 0.25) is 5.15 Å². The average Bonchev–Trinajstić information content (AvgIpc) is 3.02. The van der Waals surface area contributed by atoms with E-state index in [4.69, 9.17) is 11.6 Å². The van der Waals surface area contributed by atoms with Crippen molar-refractivity contribution < 1.29 is 4.79 Å². The molecule has 4 rings (SSSR count). The first kappa shape index (κ1) is 18.4. The van der Waals surface area contributed by atoms with Crippen molar-refractivity contribution in [3.63, 3.8) is 0 Å². The van der Waals surface area contributed by atoms with Crippen molar-refractivity contribution in [2.24, 2.45) is 0 Å². The molecule has 1 saturated heterocycles. The summed E-state index contributed by atoms with van der Waals surface area (Å²) in [5.41, 5.74) is 2.23. The third-order valence-electron chi connectivity index (χ3n) is 4.86. The number of hydrogen-bond acceptors (Lipinski definition) is 5. The van der Waals surface area contributed by atoms with E-state index in [-0.39, 0.29) is 5.91 Å². The minimum atomic E-state index is -0.0737. The number of aromatic nitrogens is 4. The zero-order chi connectivity index (χ0) is 19.5. The molecule has 3 aromatic rings. The number of piperazine rings is 1. The summed E-state index contributed by atoms with van der Waals surface area (Å²) in [7, 11) is 0. The number of carbonyl (C=O) groups is 1. The molecule has 1 amide bonds. The Bertz CT molecular complexity index is 952. The topological polar surface area (TPSA) is 67.2 Å². The summed E-state index contributed by atoms with van der Waals surface area (Å²) in [5, 5.41) is 4.88. The first-order chi connectivity index (χ1) is 13.6. The lowest BCUT2D eigenvalue weighted by molar-refractivity contribution is 0.0745. The molecular weight excluding hydrogens is 376 g/mol. The van der Waals surface area contributed by atoms with Crippen LogP contribution < -0.4 is 4.90 Å². The summed E-state index contributed by atoms with van der Waals surface area (Å²) in [4.78, 5) is 25.5. The molecule has 0 N–H and O–H groups in total. The van der Waals surface area contributed by atoms with Crippen LogP contribution in [0.25, 0.3) is 0 Å². The predicted molar refractivity (Wildman–Crippen MR) is 108 cm³/mol. The minimum Gasteiger partial charge on any atom is -0.337 e. The van der Waals surface area contributed by atoms with Crippen LogP contribution in [0, 0.1) is 6.92 Å². The lowest BCUT2D eigenvalue weighted by atomic mass is 10.2. The van der Waals surface area contributed by atoms with Gasteiger partial charge in [0.05, 0.1) is 17.8 Å². The maximum atomic E-state index is 13.1. The molecule has 0 spiro atoms. The quantitative estimate of drug-likeness (QED) is 0.678. The number of halogens is 1. The largest absolute Gasteiger partial charge is 0.337 e. The number of rotatable bonds is 4. The molecule has 28 heavy (non-hydrogen) atoms. The van der Waals surface area contributed by atoms with Crippen molar-refractivity contribution >= 4 is 23.5 Å². The number of benzene rings is 1. The summed E-state index contributed by atoms with van der Waals surface area (Å²) in [6, 6.07) is 11.7. The van der Waals surface area contributed by atoms with Crippen molar-refractivity contribution in [3.05, 3.63) is 70.8 Å². The summed E-state index contributed by atoms with van der Waals surface area (Å²) in [5.74, 6) is 0.620. The van der Waals surface area contributed by atoms with Gasteiger partial charge in [0.25, 0.3) is 5.91 Å². The van der Waals surface area contributed by atoms with Crippen molar-refractivity contribution in [1.82, 2.24) is 24.6 Å². The highest BCUT2D eigenvalue weighted by atomic mass is 35.5. The molecular formula is C20H21ClN6O. The van der Waals surface area contributed by atoms with E-state index in [2.05, 4.69) is 20.0 Å². The second kappa shape index (κ2) is 7.98. The molecule has 8 heteroatoms. The van der Waals surface area contributed by atoms with Gasteiger partial charge in [0, 0.05) is 38.6 Å². The van der Waals surface area contributed by atoms with Crippen LogP contribution in [0.1, 0.15) is 21.6 Å². The van der Waals surface area contributed by atoms with E-state index in [9.17, 15) is 4.79 Å². The van der Waals surface area contributed by atoms with Gasteiger partial charge in [0.1, 0.15) is 5.15 Å². The van der Waals surface area contributed by atoms with E-state index >= 15 is 0 Å². The Kier molecular flexibility index (Phi) is 5.25. The van der Waals surface area contributed by atoms with Crippen molar-refractivity contribution in [1.29, 1.82) is 0 Å². The molecule has 7 nitrogen and oxygen atoms in total. The fourth-order valence-corrected chi connectivity index (χ4v) is 3.69. The smallest absolute Gasteiger partial charge is 0.259 e. The maximum Gasteiger partial charge on any atom is 0.259 e. The molecule has 0 bridgehead atoms. The van der Waals surface area contributed by atoms with Gasteiger partial charge in [-0.2, -0.15) is 5.10 Å². The number of amides is 1. The number of hydrogen-bond donors (Lipinski definition) is 0. The summed E-state index contributed by atoms with van der Waals surface area (Å²) < 4.78 is 1.69. The molecule has 1 fully saturated rings. The maximum absolute atomic E-state index is 13.1. The second-order valence-electron chi connectivity index (χ2n) is 6.72. The Morgan fingerprint density at radius 2 is 1.71 bits per heavy atom. The first-order valence-corrected chi connectivity index (χ1v) is 9.59. The monoisotopic (exact) mass is 396 g/mol. The van der Waals surface area contributed by atoms with Crippen molar-refractivity contribution in [3.8, 4) is 0 Å². The van der Waals surface area contributed by atoms with Gasteiger partial charge in [-0.1, -0.05) is 41.9 Å². The third kappa shape index (κ3) is 3.71. The summed E-state index contributed by atoms with van der Waals surface area (Å²) in [6.45, 7) is 4.92. The molecule has 1 aromatic carbocycles. The van der Waals surface area contributed by atoms with Gasteiger partial charge >= 0.3 is 0 Å². The van der Waals surface area contributed by atoms with Crippen LogP contribution in [-0.2, 0) is 6.54 Å². The zero-order valence-electron chi connectivity index (χ0n) is 15.6. The third-order valence-corrected chi connectivity index (χ3v) is 5.24. The molecule has 0 saturated carbocycles. The minimum absolute atomic E-state index is 0.0737. The molecule has 2 aromatic heterocycles. The molecule has 0 aliphatic carbocycles. The molecule has 144 valence electrons. The van der Waals surface area contributed by atoms with Crippen molar-refractivity contribution in [2.75, 3.05) is 31.1 Å². The summed E-state index contributed by atoms with van der Waals surface area (Å²) >= 11 is 6.54. The van der Waals surface area contributed by atoms with Crippen LogP contribution in [0.4, 0.5) is 5.95 Å². The Labute approximate surface area is 168 Å². The van der Waals surface area contributed by atoms with E-state index in [0.717, 1.165) is 5.56 Å². The molecule has 0 radical (unpaired) electrons. The first-order valence-electron chi connectivity index (χ1n) is 9.21. The van der Waals surface area contributed by atoms with Crippen LogP contribution in [-0.4, -0.2) is 56.7 Å². The predicted octanol–water partition coefficient (Wildman–Crippen LogP) is 2.65. The normalized spacial score (nSPS) is 14.4. The lowest BCUT2D eigenvalue weighted by Gasteiger charge is -2.34. The van der Waals surface area contributed by atoms with E-state index in [1.54, 1.807) is 23.1 Å². The standard InChI is InChI=1S/C20H21ClN6O/c1-15-17(18(21)27(24-15)14-16-6-3-2-4-7-16)19(28)25-10-12-26(13-11-25)20-22-8-5-9-23-20/h2-9H,10-14H2,1H3. The van der Waals surface area contributed by atoms with E-state index in [0.29, 0.717) is 55.1 Å². The number of anilines is 1. The van der Waals surface area contributed by atoms with Gasteiger partial charge in [-0.3, -0.25) is 4.79 Å². The Morgan fingerprint density at radius 3 is 2.39 bits per heavy atom. The molecule has 3 heterocycles. The Morgan fingerprint density at radius 1 is 1.04 bits per heavy atom. The Hall–Kier alpha value is -2.93. The van der Waals surface area contributed by atoms with Crippen molar-refractivity contribution in [2.45, 2.75) is 13.5 Å². The molecule has 0 unspecified atom stereocenters. The second-order valence-corrected chi connectivity index (χ2v) is 7.08. The van der Waals surface area contributed by atoms with Crippen LogP contribution in [0.3, 0.4) is 0 Å². The van der Waals surface area contributed by atoms with E-state index in [1.807, 2.05) is 42.2 Å². The fraction of sp³-hybridized carbons (Fsp3) is 0.300. The van der Waals surface area contributed by atoms with E-state index in [1.165, 1.54) is 0 Å². The van der Waals surface area contributed by atoms with Gasteiger partial charge < -0.3 is 9.80 Å². The number of aryl methyl sites for hydroxylation is 1. The van der Waals surface area contributed by atoms with Gasteiger partial charge in [-0.15, -0.1) is 0 Å². The Balaban J connectivity index is 1.47. The van der Waals surface area contributed by atoms with Crippen LogP contribution in [0.15, 0.2) is 48.8 Å². The van der Waals surface area contributed by atoms with E-state index < -0.39 is 0 Å². The van der Waals surface area contributed by atoms with Gasteiger partial charge in [-0.05, 0) is 18.6 Å². The summed E-state index contributed by atoms with van der Waals surface area (Å²) in [6.07, 6.45) is 3.45. The van der Waals surface area contributed by atoms with Crippen LogP contribution in [0.5, 0.6) is 0 Å². The zero-order valence-corrected chi connectivity index (χ0v) is 16.4. The van der Waals surface area contributed by atoms with Gasteiger partial charge in [0.15, 0.2) is 0 Å². The molecule has 0 atom stereocenters. The van der Waals surface area contributed by atoms with Gasteiger partial charge in [0.2, 0.25) is 5.95 Å². The molecule has 1 aliphatic rings. The fourth-order valence-electron chi connectivity index (χ4n) is 3.38. The van der Waals surface area contributed by atoms with Crippen LogP contribution >= 0.6 is 11.6 Å². The highest BCUT2D eigenvalue weighted by Gasteiger charge is 2.28. The highest BCUT2D eigenvalue weighted by Crippen LogP contribution is 2.23. The lowest BCUT2D eigenvalue weighted by Crippen LogP contribution is -2.49. The average molecular weight is 397 g/mol. The van der Waals surface area contributed by atoms with Gasteiger partial charge in [-0.25, -0.2) is 14.6 Å². The SMILES string of the molecule is Cc1nn(Cc2ccccc2)c(Cl)c1C(=O)N1CCN(c2ncccn2)CC1. The number of nitrogens with zero attached hydrogens (tertiary/aromatic N) is 6. The molecule has 1 aliphatic heterocycles.